The largest absolute Gasteiger partial charge is 0.467 e. The first-order chi connectivity index (χ1) is 13.5. The van der Waals surface area contributed by atoms with E-state index in [-0.39, 0.29) is 5.91 Å². The summed E-state index contributed by atoms with van der Waals surface area (Å²) in [5.41, 5.74) is 4.36. The molecule has 0 bridgehead atoms. The van der Waals surface area contributed by atoms with Crippen LogP contribution in [0.2, 0.25) is 0 Å². The normalized spacial score (nSPS) is 11.2. The van der Waals surface area contributed by atoms with Gasteiger partial charge in [-0.2, -0.15) is 5.10 Å². The first kappa shape index (κ1) is 19.9. The molecule has 0 saturated heterocycles. The summed E-state index contributed by atoms with van der Waals surface area (Å²) in [6, 6.07) is 11.4. The fraction of sp³-hybridized carbons (Fsp3) is 0.364. The molecule has 1 aromatic carbocycles. The Morgan fingerprint density at radius 1 is 1.29 bits per heavy atom. The molecule has 28 heavy (non-hydrogen) atoms. The highest BCUT2D eigenvalue weighted by atomic mass is 16.5. The summed E-state index contributed by atoms with van der Waals surface area (Å²) < 4.78 is 10.7. The lowest BCUT2D eigenvalue weighted by Gasteiger charge is -2.24. The number of amides is 1. The van der Waals surface area contributed by atoms with Crippen LogP contribution < -0.4 is 0 Å². The summed E-state index contributed by atoms with van der Waals surface area (Å²) in [6.07, 6.45) is 1.63. The lowest BCUT2D eigenvalue weighted by atomic mass is 10.0. The van der Waals surface area contributed by atoms with Crippen LogP contribution in [0.4, 0.5) is 0 Å². The molecule has 2 aromatic heterocycles. The van der Waals surface area contributed by atoms with Gasteiger partial charge in [-0.05, 0) is 42.7 Å². The number of carbonyl (C=O) groups is 1. The fourth-order valence-corrected chi connectivity index (χ4v) is 3.34. The minimum Gasteiger partial charge on any atom is -0.467 e. The highest BCUT2D eigenvalue weighted by Gasteiger charge is 2.20. The van der Waals surface area contributed by atoms with Gasteiger partial charge in [0.2, 0.25) is 0 Å². The van der Waals surface area contributed by atoms with E-state index in [1.165, 1.54) is 0 Å². The second-order valence-corrected chi connectivity index (χ2v) is 7.34. The van der Waals surface area contributed by atoms with E-state index in [2.05, 4.69) is 24.0 Å². The van der Waals surface area contributed by atoms with Gasteiger partial charge in [0.15, 0.2) is 0 Å². The van der Waals surface area contributed by atoms with E-state index in [0.29, 0.717) is 31.2 Å². The summed E-state index contributed by atoms with van der Waals surface area (Å²) in [7, 11) is 1.65. The van der Waals surface area contributed by atoms with E-state index >= 15 is 0 Å². The van der Waals surface area contributed by atoms with Gasteiger partial charge in [0, 0.05) is 30.5 Å². The van der Waals surface area contributed by atoms with Crippen molar-refractivity contribution < 1.29 is 13.9 Å². The summed E-state index contributed by atoms with van der Waals surface area (Å²) in [6.45, 7) is 7.69. The van der Waals surface area contributed by atoms with E-state index < -0.39 is 0 Å². The number of carbonyl (C=O) groups excluding carboxylic acids is 1. The Morgan fingerprint density at radius 3 is 2.79 bits per heavy atom. The Morgan fingerprint density at radius 2 is 2.11 bits per heavy atom. The van der Waals surface area contributed by atoms with Crippen LogP contribution in [-0.4, -0.2) is 34.7 Å². The molecule has 148 valence electrons. The molecule has 0 aliphatic carbocycles. The highest BCUT2D eigenvalue weighted by Crippen LogP contribution is 2.27. The molecule has 0 unspecified atom stereocenters. The lowest BCUT2D eigenvalue weighted by molar-refractivity contribution is 0.0710. The Labute approximate surface area is 165 Å². The third-order valence-corrected chi connectivity index (χ3v) is 4.50. The van der Waals surface area contributed by atoms with Gasteiger partial charge in [-0.1, -0.05) is 26.0 Å². The first-order valence-electron chi connectivity index (χ1n) is 9.44. The monoisotopic (exact) mass is 381 g/mol. The molecule has 3 aromatic rings. The van der Waals surface area contributed by atoms with Crippen LogP contribution in [0, 0.1) is 12.8 Å². The SMILES string of the molecule is COCc1n[nH]c(C)c1-c1cccc(C(=O)N(Cc2ccco2)CC(C)C)c1. The number of aromatic nitrogens is 2. The molecule has 6 heteroatoms. The predicted molar refractivity (Wildman–Crippen MR) is 108 cm³/mol. The van der Waals surface area contributed by atoms with Crippen molar-refractivity contribution in [3.8, 4) is 11.1 Å². The zero-order valence-corrected chi connectivity index (χ0v) is 16.9. The van der Waals surface area contributed by atoms with Crippen molar-refractivity contribution in [3.05, 3.63) is 65.4 Å². The molecule has 0 aliphatic heterocycles. The molecule has 1 N–H and O–H groups in total. The molecular formula is C22H27N3O3. The molecule has 3 rings (SSSR count). The van der Waals surface area contributed by atoms with Crippen LogP contribution in [0.25, 0.3) is 11.1 Å². The predicted octanol–water partition coefficient (Wildman–Crippen LogP) is 4.42. The average molecular weight is 381 g/mol. The lowest BCUT2D eigenvalue weighted by Crippen LogP contribution is -2.33. The third kappa shape index (κ3) is 4.51. The highest BCUT2D eigenvalue weighted by molar-refractivity contribution is 5.95. The van der Waals surface area contributed by atoms with Crippen molar-refractivity contribution in [2.45, 2.75) is 33.9 Å². The Bertz CT molecular complexity index is 913. The summed E-state index contributed by atoms with van der Waals surface area (Å²) in [5.74, 6) is 1.12. The maximum atomic E-state index is 13.3. The van der Waals surface area contributed by atoms with Gasteiger partial charge in [0.1, 0.15) is 5.76 Å². The molecule has 0 radical (unpaired) electrons. The standard InChI is InChI=1S/C22H27N3O3/c1-15(2)12-25(13-19-9-6-10-28-19)22(26)18-8-5-7-17(11-18)21-16(3)23-24-20(21)14-27-4/h5-11,15H,12-14H2,1-4H3,(H,23,24). The maximum absolute atomic E-state index is 13.3. The van der Waals surface area contributed by atoms with E-state index in [0.717, 1.165) is 28.3 Å². The summed E-state index contributed by atoms with van der Waals surface area (Å²) >= 11 is 0. The smallest absolute Gasteiger partial charge is 0.254 e. The first-order valence-corrected chi connectivity index (χ1v) is 9.44. The Hall–Kier alpha value is -2.86. The van der Waals surface area contributed by atoms with Gasteiger partial charge in [-0.15, -0.1) is 0 Å². The van der Waals surface area contributed by atoms with E-state index in [1.54, 1.807) is 13.4 Å². The number of rotatable bonds is 8. The minimum atomic E-state index is -0.0126. The number of hydrogen-bond acceptors (Lipinski definition) is 4. The Balaban J connectivity index is 1.91. The van der Waals surface area contributed by atoms with Crippen LogP contribution in [-0.2, 0) is 17.9 Å². The van der Waals surface area contributed by atoms with E-state index in [4.69, 9.17) is 9.15 Å². The van der Waals surface area contributed by atoms with Crippen LogP contribution >= 0.6 is 0 Å². The molecule has 0 fully saturated rings. The number of nitrogens with zero attached hydrogens (tertiary/aromatic N) is 2. The summed E-state index contributed by atoms with van der Waals surface area (Å²) in [5, 5.41) is 7.33. The van der Waals surface area contributed by atoms with Crippen LogP contribution in [0.15, 0.2) is 47.1 Å². The number of aromatic amines is 1. The van der Waals surface area contributed by atoms with Gasteiger partial charge in [-0.25, -0.2) is 0 Å². The van der Waals surface area contributed by atoms with Crippen molar-refractivity contribution in [3.63, 3.8) is 0 Å². The topological polar surface area (TPSA) is 71.4 Å². The number of H-pyrrole nitrogens is 1. The van der Waals surface area contributed by atoms with Crippen molar-refractivity contribution in [2.75, 3.05) is 13.7 Å². The maximum Gasteiger partial charge on any atom is 0.254 e. The van der Waals surface area contributed by atoms with E-state index in [9.17, 15) is 4.79 Å². The average Bonchev–Trinajstić information content (AvgIpc) is 3.30. The molecule has 0 saturated carbocycles. The molecule has 0 spiro atoms. The van der Waals surface area contributed by atoms with Crippen molar-refractivity contribution in [1.82, 2.24) is 15.1 Å². The molecule has 6 nitrogen and oxygen atoms in total. The van der Waals surface area contributed by atoms with Crippen LogP contribution in [0.3, 0.4) is 0 Å². The van der Waals surface area contributed by atoms with Gasteiger partial charge in [0.05, 0.1) is 25.1 Å². The molecule has 1 amide bonds. The number of furan rings is 1. The molecule has 2 heterocycles. The fourth-order valence-electron chi connectivity index (χ4n) is 3.34. The quantitative estimate of drug-likeness (QED) is 0.627. The van der Waals surface area contributed by atoms with Crippen molar-refractivity contribution in [2.24, 2.45) is 5.92 Å². The zero-order chi connectivity index (χ0) is 20.1. The molecule has 0 atom stereocenters. The number of methoxy groups -OCH3 is 1. The van der Waals surface area contributed by atoms with Crippen LogP contribution in [0.5, 0.6) is 0 Å². The Kier molecular flexibility index (Phi) is 6.31. The van der Waals surface area contributed by atoms with Crippen LogP contribution in [0.1, 0.15) is 41.4 Å². The second kappa shape index (κ2) is 8.89. The van der Waals surface area contributed by atoms with Crippen molar-refractivity contribution in [1.29, 1.82) is 0 Å². The van der Waals surface area contributed by atoms with E-state index in [1.807, 2.05) is 48.2 Å². The number of nitrogens with one attached hydrogen (secondary N) is 1. The molecular weight excluding hydrogens is 354 g/mol. The second-order valence-electron chi connectivity index (χ2n) is 7.34. The zero-order valence-electron chi connectivity index (χ0n) is 16.9. The van der Waals surface area contributed by atoms with Gasteiger partial charge in [-0.3, -0.25) is 9.89 Å². The molecule has 0 aliphatic rings. The number of aryl methyl sites for hydroxylation is 1. The number of benzene rings is 1. The number of ether oxygens (including phenoxy) is 1. The minimum absolute atomic E-state index is 0.0126. The number of hydrogen-bond donors (Lipinski definition) is 1. The third-order valence-electron chi connectivity index (χ3n) is 4.50. The summed E-state index contributed by atoms with van der Waals surface area (Å²) in [4.78, 5) is 15.1. The van der Waals surface area contributed by atoms with Gasteiger partial charge < -0.3 is 14.1 Å². The van der Waals surface area contributed by atoms with Gasteiger partial charge in [0.25, 0.3) is 5.91 Å². The van der Waals surface area contributed by atoms with Crippen molar-refractivity contribution >= 4 is 5.91 Å². The van der Waals surface area contributed by atoms with Gasteiger partial charge >= 0.3 is 0 Å².